The third-order valence-electron chi connectivity index (χ3n) is 8.92. The van der Waals surface area contributed by atoms with Gasteiger partial charge in [0.15, 0.2) is 6.29 Å². The molecular formula is C39H47N3O7Si. The predicted octanol–water partition coefficient (Wildman–Crippen LogP) is 6.16. The summed E-state index contributed by atoms with van der Waals surface area (Å²) >= 11 is 0. The molecule has 0 amide bonds. The van der Waals surface area contributed by atoms with Crippen molar-refractivity contribution in [3.05, 3.63) is 137 Å². The zero-order valence-corrected chi connectivity index (χ0v) is 30.1. The van der Waals surface area contributed by atoms with Crippen LogP contribution in [0, 0.1) is 0 Å². The fourth-order valence-electron chi connectivity index (χ4n) is 6.46. The molecule has 0 aromatic heterocycles. The predicted molar refractivity (Wildman–Crippen MR) is 195 cm³/mol. The standard InChI is InChI=1S/C39H47N3O7Si/c1-39(2,3)50(32-16-10-6-11-17-32,33-18-12-7-13-19-33)48-28-34-36(46-26-29-14-8-5-9-15-29)37(35(43)38(49-34)45-25-24-41-42-40)47-27-30-20-22-31(44-4)23-21-30/h5-23,34-38,43H,24-28H2,1-4H3/t34-,35-,36+,37-,38-/m1/s1. The SMILES string of the molecule is COc1ccc(CO[C@@H]2[C@@H](O)[C@H](OCCN=[N+]=[N-])O[C@H](CO[Si](c3ccccc3)(c3ccccc3)C(C)(C)C)[C@@H]2OCc2ccccc2)cc1. The normalized spacial score (nSPS) is 20.9. The maximum absolute atomic E-state index is 11.7. The molecule has 1 aliphatic rings. The van der Waals surface area contributed by atoms with Crippen molar-refractivity contribution in [2.24, 2.45) is 5.11 Å². The number of hydrogen-bond donors (Lipinski definition) is 1. The van der Waals surface area contributed by atoms with Gasteiger partial charge in [-0.1, -0.05) is 129 Å². The molecule has 1 aliphatic heterocycles. The van der Waals surface area contributed by atoms with Gasteiger partial charge in [-0.05, 0) is 44.2 Å². The minimum absolute atomic E-state index is 0.0504. The Bertz CT molecular complexity index is 1600. The molecule has 0 aliphatic carbocycles. The van der Waals surface area contributed by atoms with Crippen molar-refractivity contribution in [1.29, 1.82) is 0 Å². The number of aliphatic hydroxyl groups excluding tert-OH is 1. The van der Waals surface area contributed by atoms with Gasteiger partial charge < -0.3 is 33.2 Å². The van der Waals surface area contributed by atoms with Crippen molar-refractivity contribution in [2.75, 3.05) is 26.9 Å². The van der Waals surface area contributed by atoms with E-state index in [2.05, 4.69) is 55.1 Å². The molecule has 4 aromatic carbocycles. The summed E-state index contributed by atoms with van der Waals surface area (Å²) in [4.78, 5) is 2.82. The van der Waals surface area contributed by atoms with Gasteiger partial charge in [0.25, 0.3) is 8.32 Å². The molecule has 0 unspecified atom stereocenters. The van der Waals surface area contributed by atoms with Crippen LogP contribution in [0.3, 0.4) is 0 Å². The molecule has 1 N–H and O–H groups in total. The second-order valence-electron chi connectivity index (χ2n) is 13.2. The number of ether oxygens (including phenoxy) is 5. The van der Waals surface area contributed by atoms with Gasteiger partial charge in [-0.15, -0.1) is 0 Å². The summed E-state index contributed by atoms with van der Waals surface area (Å²) in [5.74, 6) is 0.734. The molecule has 50 heavy (non-hydrogen) atoms. The van der Waals surface area contributed by atoms with Crippen LogP contribution in [0.15, 0.2) is 120 Å². The van der Waals surface area contributed by atoms with E-state index < -0.39 is 39.0 Å². The lowest BCUT2D eigenvalue weighted by molar-refractivity contribution is -0.315. The molecule has 5 rings (SSSR count). The molecule has 264 valence electrons. The molecule has 5 atom stereocenters. The number of rotatable bonds is 16. The number of azide groups is 1. The molecule has 0 bridgehead atoms. The summed E-state index contributed by atoms with van der Waals surface area (Å²) in [5.41, 5.74) is 10.7. The Hall–Kier alpha value is -4.03. The number of benzene rings is 4. The quantitative estimate of drug-likeness (QED) is 0.0490. The highest BCUT2D eigenvalue weighted by molar-refractivity contribution is 6.99. The Balaban J connectivity index is 1.51. The largest absolute Gasteiger partial charge is 0.497 e. The Morgan fingerprint density at radius 3 is 1.84 bits per heavy atom. The van der Waals surface area contributed by atoms with Gasteiger partial charge in [0.1, 0.15) is 30.2 Å². The van der Waals surface area contributed by atoms with Gasteiger partial charge in [0.05, 0.1) is 33.5 Å². The van der Waals surface area contributed by atoms with E-state index in [0.29, 0.717) is 0 Å². The van der Waals surface area contributed by atoms with Gasteiger partial charge in [-0.2, -0.15) is 0 Å². The molecule has 0 radical (unpaired) electrons. The van der Waals surface area contributed by atoms with E-state index in [9.17, 15) is 5.11 Å². The summed E-state index contributed by atoms with van der Waals surface area (Å²) < 4.78 is 38.3. The first-order valence-electron chi connectivity index (χ1n) is 16.9. The average molecular weight is 698 g/mol. The number of hydrogen-bond acceptors (Lipinski definition) is 8. The van der Waals surface area contributed by atoms with Crippen molar-refractivity contribution in [3.63, 3.8) is 0 Å². The lowest BCUT2D eigenvalue weighted by atomic mass is 9.98. The van der Waals surface area contributed by atoms with E-state index in [0.717, 1.165) is 27.2 Å². The molecule has 0 saturated carbocycles. The zero-order valence-electron chi connectivity index (χ0n) is 29.1. The van der Waals surface area contributed by atoms with Crippen LogP contribution >= 0.6 is 0 Å². The molecule has 4 aromatic rings. The minimum atomic E-state index is -2.97. The van der Waals surface area contributed by atoms with E-state index in [1.807, 2.05) is 91.0 Å². The van der Waals surface area contributed by atoms with Gasteiger partial charge in [-0.3, -0.25) is 0 Å². The van der Waals surface area contributed by atoms with Crippen LogP contribution < -0.4 is 15.1 Å². The minimum Gasteiger partial charge on any atom is -0.497 e. The highest BCUT2D eigenvalue weighted by Gasteiger charge is 2.53. The van der Waals surface area contributed by atoms with Crippen molar-refractivity contribution in [1.82, 2.24) is 0 Å². The van der Waals surface area contributed by atoms with Crippen LogP contribution in [-0.2, 0) is 36.6 Å². The lowest BCUT2D eigenvalue weighted by Crippen LogP contribution is -2.68. The molecule has 0 spiro atoms. The summed E-state index contributed by atoms with van der Waals surface area (Å²) in [5, 5.41) is 17.3. The first-order chi connectivity index (χ1) is 24.3. The van der Waals surface area contributed by atoms with Crippen LogP contribution in [0.4, 0.5) is 0 Å². The molecule has 10 nitrogen and oxygen atoms in total. The van der Waals surface area contributed by atoms with Crippen molar-refractivity contribution < 1.29 is 33.2 Å². The molecule has 1 saturated heterocycles. The maximum atomic E-state index is 11.7. The smallest absolute Gasteiger partial charge is 0.261 e. The highest BCUT2D eigenvalue weighted by atomic mass is 28.4. The summed E-state index contributed by atoms with van der Waals surface area (Å²) in [6.45, 7) is 7.39. The van der Waals surface area contributed by atoms with Gasteiger partial charge in [0, 0.05) is 11.5 Å². The second-order valence-corrected chi connectivity index (χ2v) is 17.5. The van der Waals surface area contributed by atoms with Gasteiger partial charge >= 0.3 is 0 Å². The first-order valence-corrected chi connectivity index (χ1v) is 18.8. The van der Waals surface area contributed by atoms with Crippen molar-refractivity contribution in [2.45, 2.75) is 69.7 Å². The van der Waals surface area contributed by atoms with E-state index in [1.165, 1.54) is 0 Å². The summed E-state index contributed by atoms with van der Waals surface area (Å²) in [7, 11) is -1.35. The van der Waals surface area contributed by atoms with Crippen LogP contribution in [0.1, 0.15) is 31.9 Å². The number of methoxy groups -OCH3 is 1. The fourth-order valence-corrected chi connectivity index (χ4v) is 11.0. The topological polar surface area (TPSA) is 124 Å². The molecule has 1 fully saturated rings. The second kappa shape index (κ2) is 17.8. The number of nitrogens with zero attached hydrogens (tertiary/aromatic N) is 3. The molecular weight excluding hydrogens is 651 g/mol. The number of aliphatic hydroxyl groups is 1. The van der Waals surface area contributed by atoms with E-state index >= 15 is 0 Å². The summed E-state index contributed by atoms with van der Waals surface area (Å²) in [6, 6.07) is 38.2. The Labute approximate surface area is 295 Å². The fraction of sp³-hybridized carbons (Fsp3) is 0.385. The average Bonchev–Trinajstić information content (AvgIpc) is 3.14. The van der Waals surface area contributed by atoms with Crippen LogP contribution in [0.25, 0.3) is 10.4 Å². The van der Waals surface area contributed by atoms with Gasteiger partial charge in [0.2, 0.25) is 0 Å². The monoisotopic (exact) mass is 697 g/mol. The Morgan fingerprint density at radius 2 is 1.30 bits per heavy atom. The summed E-state index contributed by atoms with van der Waals surface area (Å²) in [6.07, 6.45) is -4.60. The van der Waals surface area contributed by atoms with Crippen molar-refractivity contribution >= 4 is 18.7 Å². The molecule has 11 heteroatoms. The van der Waals surface area contributed by atoms with Crippen molar-refractivity contribution in [3.8, 4) is 5.75 Å². The van der Waals surface area contributed by atoms with E-state index in [1.54, 1.807) is 7.11 Å². The third-order valence-corrected chi connectivity index (χ3v) is 13.9. The zero-order chi connectivity index (χ0) is 35.4. The molecule has 1 heterocycles. The third kappa shape index (κ3) is 9.00. The lowest BCUT2D eigenvalue weighted by Gasteiger charge is -2.47. The Morgan fingerprint density at radius 1 is 0.760 bits per heavy atom. The van der Waals surface area contributed by atoms with Crippen LogP contribution in [0.5, 0.6) is 5.75 Å². The van der Waals surface area contributed by atoms with E-state index in [-0.39, 0.29) is 38.0 Å². The van der Waals surface area contributed by atoms with Crippen LogP contribution in [-0.4, -0.2) is 71.0 Å². The van der Waals surface area contributed by atoms with Crippen LogP contribution in [0.2, 0.25) is 5.04 Å². The van der Waals surface area contributed by atoms with Gasteiger partial charge in [-0.25, -0.2) is 0 Å². The van der Waals surface area contributed by atoms with E-state index in [4.69, 9.17) is 33.6 Å². The Kier molecular flexibility index (Phi) is 13.2. The maximum Gasteiger partial charge on any atom is 0.261 e. The highest BCUT2D eigenvalue weighted by Crippen LogP contribution is 2.38. The first kappa shape index (κ1) is 37.2.